The van der Waals surface area contributed by atoms with E-state index in [4.69, 9.17) is 10.5 Å². The summed E-state index contributed by atoms with van der Waals surface area (Å²) in [7, 11) is 1.78. The van der Waals surface area contributed by atoms with Crippen LogP contribution in [0, 0.1) is 5.92 Å². The Hall–Kier alpha value is -0.610. The Morgan fingerprint density at radius 2 is 2.00 bits per heavy atom. The lowest BCUT2D eigenvalue weighted by Crippen LogP contribution is -2.36. The molecule has 0 saturated carbocycles. The van der Waals surface area contributed by atoms with E-state index in [1.807, 2.05) is 20.8 Å². The first-order valence-corrected chi connectivity index (χ1v) is 5.03. The molecule has 0 aliphatic heterocycles. The van der Waals surface area contributed by atoms with Crippen molar-refractivity contribution in [2.45, 2.75) is 26.9 Å². The first-order chi connectivity index (χ1) is 6.47. The van der Waals surface area contributed by atoms with Crippen LogP contribution in [-0.2, 0) is 9.53 Å². The summed E-state index contributed by atoms with van der Waals surface area (Å²) >= 11 is 0. The lowest BCUT2D eigenvalue weighted by molar-refractivity contribution is -0.136. The number of nitrogens with two attached hydrogens (primary N) is 1. The van der Waals surface area contributed by atoms with Gasteiger partial charge in [-0.05, 0) is 26.3 Å². The van der Waals surface area contributed by atoms with E-state index in [0.717, 1.165) is 0 Å². The second-order valence-corrected chi connectivity index (χ2v) is 3.97. The van der Waals surface area contributed by atoms with Gasteiger partial charge in [-0.3, -0.25) is 4.79 Å². The smallest absolute Gasteiger partial charge is 0.248 e. The number of rotatable bonds is 6. The van der Waals surface area contributed by atoms with Crippen LogP contribution < -0.4 is 5.73 Å². The molecule has 0 aromatic heterocycles. The molecule has 1 atom stereocenters. The van der Waals surface area contributed by atoms with Gasteiger partial charge < -0.3 is 15.4 Å². The van der Waals surface area contributed by atoms with Gasteiger partial charge in [0, 0.05) is 13.6 Å². The van der Waals surface area contributed by atoms with E-state index in [1.54, 1.807) is 11.9 Å². The molecule has 0 spiro atoms. The highest BCUT2D eigenvalue weighted by Crippen LogP contribution is 1.97. The molecule has 84 valence electrons. The molecule has 0 aliphatic rings. The minimum absolute atomic E-state index is 0.0130. The van der Waals surface area contributed by atoms with Gasteiger partial charge in [0.25, 0.3) is 0 Å². The number of likely N-dealkylation sites (N-methyl/N-ethyl adjacent to an activating group) is 1. The molecule has 0 aromatic rings. The molecular formula is C10H22N2O2. The van der Waals surface area contributed by atoms with Crippen LogP contribution in [0.25, 0.3) is 0 Å². The summed E-state index contributed by atoms with van der Waals surface area (Å²) in [4.78, 5) is 13.1. The third-order valence-corrected chi connectivity index (χ3v) is 1.95. The predicted octanol–water partition coefficient (Wildman–Crippen LogP) is 0.465. The standard InChI is InChI=1S/C10H22N2O2/c1-8(2)14-7-10(13)12(4)6-9(3)5-11/h8-9H,5-7,11H2,1-4H3. The van der Waals surface area contributed by atoms with Crippen molar-refractivity contribution >= 4 is 5.91 Å². The van der Waals surface area contributed by atoms with Crippen LogP contribution in [0.3, 0.4) is 0 Å². The lowest BCUT2D eigenvalue weighted by Gasteiger charge is -2.21. The third-order valence-electron chi connectivity index (χ3n) is 1.95. The average molecular weight is 202 g/mol. The number of carbonyl (C=O) groups is 1. The van der Waals surface area contributed by atoms with Gasteiger partial charge in [0.1, 0.15) is 6.61 Å². The van der Waals surface area contributed by atoms with E-state index in [9.17, 15) is 4.79 Å². The second-order valence-electron chi connectivity index (χ2n) is 3.97. The van der Waals surface area contributed by atoms with E-state index in [-0.39, 0.29) is 18.6 Å². The Morgan fingerprint density at radius 3 is 2.43 bits per heavy atom. The number of ether oxygens (including phenoxy) is 1. The van der Waals surface area contributed by atoms with Gasteiger partial charge in [0.15, 0.2) is 0 Å². The number of hydrogen-bond donors (Lipinski definition) is 1. The van der Waals surface area contributed by atoms with Gasteiger partial charge in [-0.2, -0.15) is 0 Å². The zero-order valence-corrected chi connectivity index (χ0v) is 9.62. The summed E-state index contributed by atoms with van der Waals surface area (Å²) in [6, 6.07) is 0. The van der Waals surface area contributed by atoms with Crippen LogP contribution >= 0.6 is 0 Å². The zero-order chi connectivity index (χ0) is 11.1. The molecule has 0 fully saturated rings. The fraction of sp³-hybridized carbons (Fsp3) is 0.900. The molecule has 0 radical (unpaired) electrons. The highest BCUT2D eigenvalue weighted by atomic mass is 16.5. The highest BCUT2D eigenvalue weighted by Gasteiger charge is 2.11. The van der Waals surface area contributed by atoms with E-state index in [1.165, 1.54) is 0 Å². The Bertz CT molecular complexity index is 172. The zero-order valence-electron chi connectivity index (χ0n) is 9.62. The molecule has 0 aliphatic carbocycles. The monoisotopic (exact) mass is 202 g/mol. The molecule has 0 rings (SSSR count). The number of hydrogen-bond acceptors (Lipinski definition) is 3. The quantitative estimate of drug-likeness (QED) is 0.681. The molecule has 1 amide bonds. The molecule has 1 unspecified atom stereocenters. The molecule has 14 heavy (non-hydrogen) atoms. The van der Waals surface area contributed by atoms with Gasteiger partial charge in [-0.1, -0.05) is 6.92 Å². The molecule has 0 saturated heterocycles. The van der Waals surface area contributed by atoms with Gasteiger partial charge >= 0.3 is 0 Å². The third kappa shape index (κ3) is 5.94. The maximum atomic E-state index is 11.5. The first-order valence-electron chi connectivity index (χ1n) is 5.03. The predicted molar refractivity (Wildman–Crippen MR) is 56.9 cm³/mol. The van der Waals surface area contributed by atoms with Crippen LogP contribution in [0.2, 0.25) is 0 Å². The summed E-state index contributed by atoms with van der Waals surface area (Å²) in [5, 5.41) is 0. The van der Waals surface area contributed by atoms with E-state index >= 15 is 0 Å². The van der Waals surface area contributed by atoms with Crippen molar-refractivity contribution in [3.63, 3.8) is 0 Å². The molecule has 0 aromatic carbocycles. The maximum Gasteiger partial charge on any atom is 0.248 e. The lowest BCUT2D eigenvalue weighted by atomic mass is 10.2. The SMILES string of the molecule is CC(CN)CN(C)C(=O)COC(C)C. The molecule has 0 heterocycles. The van der Waals surface area contributed by atoms with Crippen molar-refractivity contribution in [3.05, 3.63) is 0 Å². The molecule has 4 nitrogen and oxygen atoms in total. The van der Waals surface area contributed by atoms with Crippen molar-refractivity contribution in [3.8, 4) is 0 Å². The van der Waals surface area contributed by atoms with Gasteiger partial charge in [0.05, 0.1) is 6.10 Å². The number of nitrogens with zero attached hydrogens (tertiary/aromatic N) is 1. The largest absolute Gasteiger partial charge is 0.369 e. The summed E-state index contributed by atoms with van der Waals surface area (Å²) in [5.41, 5.74) is 5.47. The van der Waals surface area contributed by atoms with Gasteiger partial charge in [0.2, 0.25) is 5.91 Å². The second kappa shape index (κ2) is 6.79. The fourth-order valence-corrected chi connectivity index (χ4v) is 0.992. The molecule has 4 heteroatoms. The van der Waals surface area contributed by atoms with Crippen molar-refractivity contribution in [1.82, 2.24) is 4.90 Å². The number of carbonyl (C=O) groups excluding carboxylic acids is 1. The van der Waals surface area contributed by atoms with Gasteiger partial charge in [-0.15, -0.1) is 0 Å². The highest BCUT2D eigenvalue weighted by molar-refractivity contribution is 5.77. The maximum absolute atomic E-state index is 11.5. The van der Waals surface area contributed by atoms with Crippen LogP contribution in [0.15, 0.2) is 0 Å². The van der Waals surface area contributed by atoms with Crippen molar-refractivity contribution in [2.24, 2.45) is 11.7 Å². The van der Waals surface area contributed by atoms with Crippen LogP contribution in [0.4, 0.5) is 0 Å². The normalized spacial score (nSPS) is 13.0. The van der Waals surface area contributed by atoms with Crippen LogP contribution in [0.1, 0.15) is 20.8 Å². The molecule has 0 bridgehead atoms. The van der Waals surface area contributed by atoms with E-state index in [2.05, 4.69) is 0 Å². The van der Waals surface area contributed by atoms with E-state index < -0.39 is 0 Å². The van der Waals surface area contributed by atoms with E-state index in [0.29, 0.717) is 19.0 Å². The Kier molecular flexibility index (Phi) is 6.49. The fourth-order valence-electron chi connectivity index (χ4n) is 0.992. The average Bonchev–Trinajstić information content (AvgIpc) is 2.13. The van der Waals surface area contributed by atoms with Gasteiger partial charge in [-0.25, -0.2) is 0 Å². The van der Waals surface area contributed by atoms with Crippen molar-refractivity contribution < 1.29 is 9.53 Å². The van der Waals surface area contributed by atoms with Crippen LogP contribution in [0.5, 0.6) is 0 Å². The summed E-state index contributed by atoms with van der Waals surface area (Å²) in [5.74, 6) is 0.349. The summed E-state index contributed by atoms with van der Waals surface area (Å²) in [6.07, 6.45) is 0.0966. The Balaban J connectivity index is 3.76. The Labute approximate surface area is 86.4 Å². The Morgan fingerprint density at radius 1 is 1.43 bits per heavy atom. The molecule has 2 N–H and O–H groups in total. The summed E-state index contributed by atoms with van der Waals surface area (Å²) < 4.78 is 5.22. The number of amides is 1. The first kappa shape index (κ1) is 13.4. The minimum Gasteiger partial charge on any atom is -0.369 e. The van der Waals surface area contributed by atoms with Crippen molar-refractivity contribution in [1.29, 1.82) is 0 Å². The van der Waals surface area contributed by atoms with Crippen LogP contribution in [-0.4, -0.2) is 43.7 Å². The topological polar surface area (TPSA) is 55.6 Å². The molecular weight excluding hydrogens is 180 g/mol. The van der Waals surface area contributed by atoms with Crippen molar-refractivity contribution in [2.75, 3.05) is 26.7 Å². The minimum atomic E-state index is 0.0130. The summed E-state index contributed by atoms with van der Waals surface area (Å²) in [6.45, 7) is 7.30.